The molecule has 2 aliphatic heterocycles. The first-order valence-electron chi connectivity index (χ1n) is 12.1. The number of hydrogen-bond donors (Lipinski definition) is 2. The number of aromatic nitrogens is 2. The van der Waals surface area contributed by atoms with E-state index >= 15 is 0 Å². The maximum atomic E-state index is 14.7. The van der Waals surface area contributed by atoms with Gasteiger partial charge in [0.25, 0.3) is 0 Å². The lowest BCUT2D eigenvalue weighted by molar-refractivity contribution is -0.0573. The van der Waals surface area contributed by atoms with Gasteiger partial charge in [-0.05, 0) is 46.2 Å². The molecule has 1 aromatic heterocycles. The number of benzene rings is 1. The molecule has 2 N–H and O–H groups in total. The van der Waals surface area contributed by atoms with E-state index in [1.54, 1.807) is 24.1 Å². The predicted octanol–water partition coefficient (Wildman–Crippen LogP) is 3.90. The molecule has 0 saturated carbocycles. The number of rotatable bonds is 8. The third-order valence-corrected chi connectivity index (χ3v) is 6.51. The Morgan fingerprint density at radius 2 is 2.06 bits per heavy atom. The van der Waals surface area contributed by atoms with Crippen molar-refractivity contribution in [3.63, 3.8) is 0 Å². The van der Waals surface area contributed by atoms with E-state index in [0.29, 0.717) is 61.4 Å². The number of nitrogens with one attached hydrogen (secondary N) is 2. The summed E-state index contributed by atoms with van der Waals surface area (Å²) < 4.78 is 31.3. The number of methoxy groups -OCH3 is 1. The summed E-state index contributed by atoms with van der Waals surface area (Å²) >= 11 is 0. The molecule has 0 aliphatic carbocycles. The number of fused-ring (bicyclic) bond motifs is 1. The van der Waals surface area contributed by atoms with Crippen molar-refractivity contribution >= 4 is 28.8 Å². The fourth-order valence-corrected chi connectivity index (χ4v) is 4.67. The molecule has 0 radical (unpaired) electrons. The van der Waals surface area contributed by atoms with E-state index in [4.69, 9.17) is 14.2 Å². The first kappa shape index (κ1) is 25.4. The van der Waals surface area contributed by atoms with Gasteiger partial charge in [-0.3, -0.25) is 0 Å². The molecule has 35 heavy (non-hydrogen) atoms. The van der Waals surface area contributed by atoms with Crippen LogP contribution in [-0.2, 0) is 14.2 Å². The lowest BCUT2D eigenvalue weighted by atomic mass is 9.80. The van der Waals surface area contributed by atoms with Gasteiger partial charge in [0.05, 0.1) is 23.6 Å². The molecule has 1 amide bonds. The van der Waals surface area contributed by atoms with Gasteiger partial charge < -0.3 is 29.7 Å². The Bertz CT molecular complexity index is 1050. The SMILES string of the molecule is COCC1(CNc2nc(NCC3CCOC3C)c3c(F)cccc3n2)CN(C(=O)OC(C)(C)C)C1. The van der Waals surface area contributed by atoms with Gasteiger partial charge in [0.15, 0.2) is 0 Å². The van der Waals surface area contributed by atoms with Crippen LogP contribution in [0, 0.1) is 17.2 Å². The highest BCUT2D eigenvalue weighted by Crippen LogP contribution is 2.33. The zero-order valence-corrected chi connectivity index (χ0v) is 21.2. The summed E-state index contributed by atoms with van der Waals surface area (Å²) in [4.78, 5) is 23.2. The lowest BCUT2D eigenvalue weighted by Gasteiger charge is -2.49. The van der Waals surface area contributed by atoms with Gasteiger partial charge in [-0.2, -0.15) is 4.98 Å². The summed E-state index contributed by atoms with van der Waals surface area (Å²) in [7, 11) is 1.64. The number of carbonyl (C=O) groups excluding carboxylic acids is 1. The van der Waals surface area contributed by atoms with Crippen LogP contribution in [0.3, 0.4) is 0 Å². The largest absolute Gasteiger partial charge is 0.444 e. The van der Waals surface area contributed by atoms with E-state index in [2.05, 4.69) is 27.5 Å². The number of ether oxygens (including phenoxy) is 3. The minimum Gasteiger partial charge on any atom is -0.444 e. The maximum Gasteiger partial charge on any atom is 0.410 e. The van der Waals surface area contributed by atoms with Crippen LogP contribution in [0.25, 0.3) is 10.9 Å². The topological polar surface area (TPSA) is 97.8 Å². The fourth-order valence-electron chi connectivity index (χ4n) is 4.67. The first-order valence-corrected chi connectivity index (χ1v) is 12.1. The van der Waals surface area contributed by atoms with Crippen molar-refractivity contribution in [1.29, 1.82) is 0 Å². The molecular weight excluding hydrogens is 453 g/mol. The number of likely N-dealkylation sites (tertiary alicyclic amines) is 1. The van der Waals surface area contributed by atoms with Crippen LogP contribution >= 0.6 is 0 Å². The highest BCUT2D eigenvalue weighted by molar-refractivity contribution is 5.90. The molecule has 1 aromatic carbocycles. The molecule has 9 nitrogen and oxygen atoms in total. The minimum atomic E-state index is -0.547. The molecule has 2 aromatic rings. The zero-order chi connectivity index (χ0) is 25.2. The van der Waals surface area contributed by atoms with Gasteiger partial charge in [-0.1, -0.05) is 6.07 Å². The molecule has 2 aliphatic rings. The van der Waals surface area contributed by atoms with Gasteiger partial charge in [-0.15, -0.1) is 0 Å². The quantitative estimate of drug-likeness (QED) is 0.576. The highest BCUT2D eigenvalue weighted by atomic mass is 19.1. The Morgan fingerprint density at radius 3 is 2.71 bits per heavy atom. The average Bonchev–Trinajstić information content (AvgIpc) is 3.16. The fraction of sp³-hybridized carbons (Fsp3) is 0.640. The smallest absolute Gasteiger partial charge is 0.410 e. The second-order valence-electron chi connectivity index (χ2n) is 10.7. The van der Waals surface area contributed by atoms with E-state index in [1.807, 2.05) is 20.8 Å². The molecule has 3 heterocycles. The van der Waals surface area contributed by atoms with Crippen LogP contribution in [0.1, 0.15) is 34.1 Å². The van der Waals surface area contributed by atoms with Crippen molar-refractivity contribution < 1.29 is 23.4 Å². The first-order chi connectivity index (χ1) is 16.6. The van der Waals surface area contributed by atoms with Crippen molar-refractivity contribution in [1.82, 2.24) is 14.9 Å². The number of carbonyl (C=O) groups is 1. The van der Waals surface area contributed by atoms with E-state index in [1.165, 1.54) is 6.07 Å². The van der Waals surface area contributed by atoms with Gasteiger partial charge >= 0.3 is 6.09 Å². The molecule has 2 unspecified atom stereocenters. The van der Waals surface area contributed by atoms with Crippen molar-refractivity contribution in [3.05, 3.63) is 24.0 Å². The summed E-state index contributed by atoms with van der Waals surface area (Å²) in [6, 6.07) is 4.83. The second-order valence-corrected chi connectivity index (χ2v) is 10.7. The molecule has 0 spiro atoms. The van der Waals surface area contributed by atoms with E-state index < -0.39 is 5.60 Å². The Labute approximate surface area is 205 Å². The molecule has 0 bridgehead atoms. The van der Waals surface area contributed by atoms with Gasteiger partial charge in [0, 0.05) is 51.2 Å². The third-order valence-electron chi connectivity index (χ3n) is 6.51. The Morgan fingerprint density at radius 1 is 1.29 bits per heavy atom. The predicted molar refractivity (Wildman–Crippen MR) is 132 cm³/mol. The molecule has 2 saturated heterocycles. The van der Waals surface area contributed by atoms with Crippen LogP contribution < -0.4 is 10.6 Å². The van der Waals surface area contributed by atoms with Crippen LogP contribution in [0.15, 0.2) is 18.2 Å². The molecule has 2 fully saturated rings. The number of hydrogen-bond acceptors (Lipinski definition) is 8. The number of amides is 1. The Kier molecular flexibility index (Phi) is 7.32. The molecule has 10 heteroatoms. The van der Waals surface area contributed by atoms with E-state index in [-0.39, 0.29) is 23.4 Å². The van der Waals surface area contributed by atoms with Gasteiger partial charge in [0.2, 0.25) is 5.95 Å². The van der Waals surface area contributed by atoms with Crippen LogP contribution in [0.5, 0.6) is 0 Å². The molecule has 2 atom stereocenters. The molecular formula is C25H36FN5O4. The lowest BCUT2D eigenvalue weighted by Crippen LogP contribution is -2.63. The minimum absolute atomic E-state index is 0.151. The van der Waals surface area contributed by atoms with Crippen molar-refractivity contribution in [2.75, 3.05) is 57.1 Å². The number of nitrogens with zero attached hydrogens (tertiary/aromatic N) is 3. The standard InChI is InChI=1S/C25H36FN5O4/c1-16-17(9-10-34-16)11-27-21-20-18(26)7-6-8-19(20)29-22(30-21)28-12-25(15-33-5)13-31(14-25)23(32)35-24(2,3)4/h6-8,16-17H,9-15H2,1-5H3,(H2,27,28,29,30). The summed E-state index contributed by atoms with van der Waals surface area (Å²) in [5, 5.41) is 7.00. The molecule has 192 valence electrons. The van der Waals surface area contributed by atoms with Crippen LogP contribution in [0.4, 0.5) is 21.0 Å². The summed E-state index contributed by atoms with van der Waals surface area (Å²) in [6.45, 7) is 10.9. The summed E-state index contributed by atoms with van der Waals surface area (Å²) in [5.74, 6) is 0.823. The second kappa shape index (κ2) is 10.1. The summed E-state index contributed by atoms with van der Waals surface area (Å²) in [6.07, 6.45) is 0.773. The Balaban J connectivity index is 1.47. The number of anilines is 2. The van der Waals surface area contributed by atoms with Gasteiger partial charge in [0.1, 0.15) is 17.2 Å². The average molecular weight is 490 g/mol. The highest BCUT2D eigenvalue weighted by Gasteiger charge is 2.46. The molecule has 4 rings (SSSR count). The maximum absolute atomic E-state index is 14.7. The van der Waals surface area contributed by atoms with Gasteiger partial charge in [-0.25, -0.2) is 14.2 Å². The van der Waals surface area contributed by atoms with E-state index in [0.717, 1.165) is 13.0 Å². The zero-order valence-electron chi connectivity index (χ0n) is 21.2. The van der Waals surface area contributed by atoms with E-state index in [9.17, 15) is 9.18 Å². The van der Waals surface area contributed by atoms with Crippen molar-refractivity contribution in [2.45, 2.75) is 45.8 Å². The third kappa shape index (κ3) is 5.92. The van der Waals surface area contributed by atoms with Crippen LogP contribution in [-0.4, -0.2) is 79.2 Å². The summed E-state index contributed by atoms with van der Waals surface area (Å²) in [5.41, 5.74) is -0.323. The monoisotopic (exact) mass is 489 g/mol. The normalized spacial score (nSPS) is 21.6. The van der Waals surface area contributed by atoms with Crippen molar-refractivity contribution in [3.8, 4) is 0 Å². The van der Waals surface area contributed by atoms with Crippen molar-refractivity contribution in [2.24, 2.45) is 11.3 Å². The number of halogens is 1. The Hall–Kier alpha value is -2.72. The van der Waals surface area contributed by atoms with Crippen LogP contribution in [0.2, 0.25) is 0 Å².